The lowest BCUT2D eigenvalue weighted by Crippen LogP contribution is -2.21. The van der Waals surface area contributed by atoms with Gasteiger partial charge in [-0.25, -0.2) is 0 Å². The van der Waals surface area contributed by atoms with E-state index in [1.54, 1.807) is 0 Å². The van der Waals surface area contributed by atoms with Gasteiger partial charge in [0.15, 0.2) is 12.0 Å². The predicted octanol–water partition coefficient (Wildman–Crippen LogP) is 4.75. The molecule has 0 aliphatic heterocycles. The molecule has 9 heteroatoms. The minimum Gasteiger partial charge on any atom is -0.453 e. The lowest BCUT2D eigenvalue weighted by Gasteiger charge is -2.15. The van der Waals surface area contributed by atoms with Crippen molar-refractivity contribution in [2.75, 3.05) is 11.9 Å². The summed E-state index contributed by atoms with van der Waals surface area (Å²) >= 11 is 0. The van der Waals surface area contributed by atoms with E-state index in [-0.39, 0.29) is 22.8 Å². The van der Waals surface area contributed by atoms with E-state index in [1.807, 2.05) is 5.32 Å². The standard InChI is InChI=1S/C14H9F6NO2/c15-13(16,17)7-21-11-3-1-8(14(18,19)20)5-10(11)12-4-2-9(6-22)23-12/h1-6,21H,7H2. The second-order valence-corrected chi connectivity index (χ2v) is 4.55. The van der Waals surface area contributed by atoms with E-state index < -0.39 is 24.5 Å². The summed E-state index contributed by atoms with van der Waals surface area (Å²) in [5.41, 5.74) is -1.46. The monoisotopic (exact) mass is 337 g/mol. The van der Waals surface area contributed by atoms with Crippen molar-refractivity contribution in [3.8, 4) is 11.3 Å². The number of furan rings is 1. The van der Waals surface area contributed by atoms with Crippen LogP contribution >= 0.6 is 0 Å². The summed E-state index contributed by atoms with van der Waals surface area (Å²) < 4.78 is 80.2. The van der Waals surface area contributed by atoms with Gasteiger partial charge in [0.05, 0.1) is 5.56 Å². The molecule has 1 aromatic heterocycles. The van der Waals surface area contributed by atoms with Gasteiger partial charge in [0.25, 0.3) is 0 Å². The molecule has 0 fully saturated rings. The molecule has 0 aliphatic rings. The molecule has 0 radical (unpaired) electrons. The maximum atomic E-state index is 12.8. The highest BCUT2D eigenvalue weighted by Crippen LogP contribution is 2.37. The fourth-order valence-corrected chi connectivity index (χ4v) is 1.83. The quantitative estimate of drug-likeness (QED) is 0.646. The van der Waals surface area contributed by atoms with Gasteiger partial charge in [-0.15, -0.1) is 0 Å². The molecule has 3 nitrogen and oxygen atoms in total. The van der Waals surface area contributed by atoms with E-state index in [0.717, 1.165) is 6.07 Å². The Bertz CT molecular complexity index is 702. The molecule has 0 aliphatic carbocycles. The van der Waals surface area contributed by atoms with Crippen LogP contribution in [0.5, 0.6) is 0 Å². The number of rotatable bonds is 4. The number of hydrogen-bond donors (Lipinski definition) is 1. The molecular formula is C14H9F6NO2. The number of halogens is 6. The third-order valence-electron chi connectivity index (χ3n) is 2.83. The van der Waals surface area contributed by atoms with Crippen molar-refractivity contribution >= 4 is 12.0 Å². The summed E-state index contributed by atoms with van der Waals surface area (Å²) in [5, 5.41) is 2.02. The molecule has 0 unspecified atom stereocenters. The summed E-state index contributed by atoms with van der Waals surface area (Å²) in [6, 6.07) is 4.61. The smallest absolute Gasteiger partial charge is 0.416 e. The fraction of sp³-hybridized carbons (Fsp3) is 0.214. The maximum absolute atomic E-state index is 12.8. The largest absolute Gasteiger partial charge is 0.453 e. The minimum atomic E-state index is -4.67. The predicted molar refractivity (Wildman–Crippen MR) is 69.1 cm³/mol. The van der Waals surface area contributed by atoms with Crippen LogP contribution < -0.4 is 5.32 Å². The Morgan fingerprint density at radius 3 is 2.26 bits per heavy atom. The third-order valence-corrected chi connectivity index (χ3v) is 2.83. The molecule has 0 saturated carbocycles. The average Bonchev–Trinajstić information content (AvgIpc) is 2.92. The van der Waals surface area contributed by atoms with E-state index in [9.17, 15) is 31.1 Å². The number of nitrogens with one attached hydrogen (secondary N) is 1. The second kappa shape index (κ2) is 5.98. The number of anilines is 1. The zero-order chi connectivity index (χ0) is 17.3. The highest BCUT2D eigenvalue weighted by atomic mass is 19.4. The van der Waals surface area contributed by atoms with Gasteiger partial charge in [-0.2, -0.15) is 26.3 Å². The highest BCUT2D eigenvalue weighted by Gasteiger charge is 2.32. The van der Waals surface area contributed by atoms with Crippen molar-refractivity contribution in [3.05, 3.63) is 41.7 Å². The van der Waals surface area contributed by atoms with Crippen LogP contribution in [-0.2, 0) is 6.18 Å². The first-order chi connectivity index (χ1) is 10.6. The average molecular weight is 337 g/mol. The summed E-state index contributed by atoms with van der Waals surface area (Å²) in [5.74, 6) is -0.304. The van der Waals surface area contributed by atoms with Gasteiger partial charge in [-0.3, -0.25) is 4.79 Å². The Labute approximate surface area is 125 Å². The molecule has 0 spiro atoms. The molecule has 1 heterocycles. The first-order valence-electron chi connectivity index (χ1n) is 6.17. The SMILES string of the molecule is O=Cc1ccc(-c2cc(C(F)(F)F)ccc2NCC(F)(F)F)o1. The summed E-state index contributed by atoms with van der Waals surface area (Å²) in [4.78, 5) is 10.6. The Hall–Kier alpha value is -2.45. The molecule has 1 N–H and O–H groups in total. The number of carbonyl (C=O) groups is 1. The fourth-order valence-electron chi connectivity index (χ4n) is 1.83. The molecule has 2 rings (SSSR count). The van der Waals surface area contributed by atoms with Crippen molar-refractivity contribution < 1.29 is 35.6 Å². The summed E-state index contributed by atoms with van der Waals surface area (Å²) in [6.07, 6.45) is -8.88. The third kappa shape index (κ3) is 4.27. The zero-order valence-corrected chi connectivity index (χ0v) is 11.3. The Morgan fingerprint density at radius 2 is 1.74 bits per heavy atom. The van der Waals surface area contributed by atoms with Crippen molar-refractivity contribution in [2.24, 2.45) is 0 Å². The molecule has 1 aromatic carbocycles. The number of carbonyl (C=O) groups excluding carboxylic acids is 1. The van der Waals surface area contributed by atoms with Crippen LogP contribution in [0.2, 0.25) is 0 Å². The maximum Gasteiger partial charge on any atom is 0.416 e. The van der Waals surface area contributed by atoms with Gasteiger partial charge in [0.2, 0.25) is 0 Å². The first-order valence-corrected chi connectivity index (χ1v) is 6.17. The second-order valence-electron chi connectivity index (χ2n) is 4.55. The summed E-state index contributed by atoms with van der Waals surface area (Å²) in [7, 11) is 0. The lowest BCUT2D eigenvalue weighted by atomic mass is 10.1. The number of benzene rings is 1. The Balaban J connectivity index is 2.46. The van der Waals surface area contributed by atoms with Crippen LogP contribution in [-0.4, -0.2) is 19.0 Å². The first kappa shape index (κ1) is 16.9. The van der Waals surface area contributed by atoms with Crippen LogP contribution in [0.25, 0.3) is 11.3 Å². The molecule has 124 valence electrons. The molecule has 2 aromatic rings. The topological polar surface area (TPSA) is 42.2 Å². The summed E-state index contributed by atoms with van der Waals surface area (Å²) in [6.45, 7) is -1.42. The van der Waals surface area contributed by atoms with Crippen molar-refractivity contribution in [1.82, 2.24) is 0 Å². The van der Waals surface area contributed by atoms with E-state index in [2.05, 4.69) is 0 Å². The van der Waals surface area contributed by atoms with Gasteiger partial charge in [-0.05, 0) is 30.3 Å². The van der Waals surface area contributed by atoms with E-state index in [4.69, 9.17) is 4.42 Å². The number of hydrogen-bond acceptors (Lipinski definition) is 3. The Kier molecular flexibility index (Phi) is 4.39. The normalized spacial score (nSPS) is 12.3. The van der Waals surface area contributed by atoms with Gasteiger partial charge in [0.1, 0.15) is 12.3 Å². The van der Waals surface area contributed by atoms with E-state index in [0.29, 0.717) is 18.4 Å². The van der Waals surface area contributed by atoms with Gasteiger partial charge >= 0.3 is 12.4 Å². The van der Waals surface area contributed by atoms with Crippen molar-refractivity contribution in [2.45, 2.75) is 12.4 Å². The van der Waals surface area contributed by atoms with Crippen LogP contribution in [0.4, 0.5) is 32.0 Å². The molecule has 0 amide bonds. The van der Waals surface area contributed by atoms with E-state index in [1.165, 1.54) is 12.1 Å². The minimum absolute atomic E-state index is 0.150. The number of alkyl halides is 6. The van der Waals surface area contributed by atoms with Crippen LogP contribution in [0.3, 0.4) is 0 Å². The Morgan fingerprint density at radius 1 is 1.04 bits per heavy atom. The van der Waals surface area contributed by atoms with Crippen molar-refractivity contribution in [1.29, 1.82) is 0 Å². The van der Waals surface area contributed by atoms with Gasteiger partial charge in [0, 0.05) is 11.3 Å². The van der Waals surface area contributed by atoms with Crippen molar-refractivity contribution in [3.63, 3.8) is 0 Å². The van der Waals surface area contributed by atoms with Crippen LogP contribution in [0, 0.1) is 0 Å². The number of aldehydes is 1. The van der Waals surface area contributed by atoms with E-state index >= 15 is 0 Å². The van der Waals surface area contributed by atoms with Gasteiger partial charge < -0.3 is 9.73 Å². The molecule has 0 bridgehead atoms. The zero-order valence-electron chi connectivity index (χ0n) is 11.3. The highest BCUT2D eigenvalue weighted by molar-refractivity contribution is 5.78. The lowest BCUT2D eigenvalue weighted by molar-refractivity contribution is -0.137. The molecule has 0 saturated heterocycles. The van der Waals surface area contributed by atoms with Gasteiger partial charge in [-0.1, -0.05) is 0 Å². The van der Waals surface area contributed by atoms with Crippen LogP contribution in [0.1, 0.15) is 16.1 Å². The molecule has 0 atom stereocenters. The van der Waals surface area contributed by atoms with Crippen LogP contribution in [0.15, 0.2) is 34.7 Å². The molecule has 23 heavy (non-hydrogen) atoms. The molecular weight excluding hydrogens is 328 g/mol.